The molecule has 17 heavy (non-hydrogen) atoms. The van der Waals surface area contributed by atoms with Gasteiger partial charge in [0.25, 0.3) is 5.91 Å². The average molecular weight is 245 g/mol. The summed E-state index contributed by atoms with van der Waals surface area (Å²) in [5.41, 5.74) is 0. The SMILES string of the molecule is CCN(CCOC)C(=O)C1CCC(C(=O)O)O1. The Labute approximate surface area is 100 Å². The van der Waals surface area contributed by atoms with Crippen molar-refractivity contribution in [2.24, 2.45) is 0 Å². The Kier molecular flexibility index (Phi) is 5.37. The summed E-state index contributed by atoms with van der Waals surface area (Å²) in [7, 11) is 1.57. The normalized spacial score (nSPS) is 23.6. The van der Waals surface area contributed by atoms with E-state index in [0.717, 1.165) is 0 Å². The Balaban J connectivity index is 2.49. The lowest BCUT2D eigenvalue weighted by atomic mass is 10.2. The van der Waals surface area contributed by atoms with Gasteiger partial charge in [-0.25, -0.2) is 4.79 Å². The van der Waals surface area contributed by atoms with E-state index in [2.05, 4.69) is 0 Å². The van der Waals surface area contributed by atoms with Gasteiger partial charge in [0.05, 0.1) is 6.61 Å². The molecule has 0 bridgehead atoms. The van der Waals surface area contributed by atoms with Gasteiger partial charge in [-0.05, 0) is 19.8 Å². The minimum absolute atomic E-state index is 0.145. The summed E-state index contributed by atoms with van der Waals surface area (Å²) in [5, 5.41) is 8.78. The van der Waals surface area contributed by atoms with E-state index in [4.69, 9.17) is 14.6 Å². The van der Waals surface area contributed by atoms with Crippen LogP contribution in [0, 0.1) is 0 Å². The first-order valence-electron chi connectivity index (χ1n) is 5.76. The van der Waals surface area contributed by atoms with E-state index in [-0.39, 0.29) is 5.91 Å². The number of carbonyl (C=O) groups is 2. The molecule has 1 aliphatic rings. The maximum absolute atomic E-state index is 12.0. The number of nitrogens with zero attached hydrogens (tertiary/aromatic N) is 1. The van der Waals surface area contributed by atoms with Crippen LogP contribution in [0.1, 0.15) is 19.8 Å². The first kappa shape index (κ1) is 13.9. The highest BCUT2D eigenvalue weighted by atomic mass is 16.5. The zero-order chi connectivity index (χ0) is 12.8. The fourth-order valence-electron chi connectivity index (χ4n) is 1.83. The minimum Gasteiger partial charge on any atom is -0.479 e. The van der Waals surface area contributed by atoms with Gasteiger partial charge in [0.15, 0.2) is 6.10 Å². The monoisotopic (exact) mass is 245 g/mol. The third kappa shape index (κ3) is 3.67. The van der Waals surface area contributed by atoms with Crippen molar-refractivity contribution in [3.05, 3.63) is 0 Å². The molecule has 1 amide bonds. The molecule has 1 aliphatic heterocycles. The van der Waals surface area contributed by atoms with Crippen LogP contribution in [0.5, 0.6) is 0 Å². The lowest BCUT2D eigenvalue weighted by molar-refractivity contribution is -0.154. The van der Waals surface area contributed by atoms with Gasteiger partial charge >= 0.3 is 5.97 Å². The topological polar surface area (TPSA) is 76.1 Å². The maximum atomic E-state index is 12.0. The Morgan fingerprint density at radius 1 is 1.41 bits per heavy atom. The van der Waals surface area contributed by atoms with Crippen molar-refractivity contribution in [3.63, 3.8) is 0 Å². The van der Waals surface area contributed by atoms with Crippen molar-refractivity contribution in [3.8, 4) is 0 Å². The van der Waals surface area contributed by atoms with Gasteiger partial charge in [-0.2, -0.15) is 0 Å². The van der Waals surface area contributed by atoms with Crippen molar-refractivity contribution in [1.29, 1.82) is 0 Å². The molecule has 1 N–H and O–H groups in total. The molecule has 0 aromatic carbocycles. The van der Waals surface area contributed by atoms with E-state index < -0.39 is 18.2 Å². The van der Waals surface area contributed by atoms with E-state index >= 15 is 0 Å². The number of carboxylic acid groups (broad SMARTS) is 1. The van der Waals surface area contributed by atoms with Crippen LogP contribution in [-0.4, -0.2) is 60.9 Å². The molecule has 0 aliphatic carbocycles. The third-order valence-corrected chi connectivity index (χ3v) is 2.83. The molecule has 1 fully saturated rings. The molecule has 0 aromatic heterocycles. The molecular weight excluding hydrogens is 226 g/mol. The number of amides is 1. The molecule has 1 rings (SSSR count). The molecule has 1 saturated heterocycles. The number of aliphatic carboxylic acids is 1. The number of carbonyl (C=O) groups excluding carboxylic acids is 1. The lowest BCUT2D eigenvalue weighted by Crippen LogP contribution is -2.41. The molecular formula is C11H19NO5. The van der Waals surface area contributed by atoms with E-state index in [9.17, 15) is 9.59 Å². The van der Waals surface area contributed by atoms with Gasteiger partial charge in [0.1, 0.15) is 6.10 Å². The first-order valence-corrected chi connectivity index (χ1v) is 5.76. The summed E-state index contributed by atoms with van der Waals surface area (Å²) < 4.78 is 10.1. The highest BCUT2D eigenvalue weighted by Gasteiger charge is 2.36. The van der Waals surface area contributed by atoms with Crippen LogP contribution in [0.4, 0.5) is 0 Å². The van der Waals surface area contributed by atoms with E-state index in [1.54, 1.807) is 12.0 Å². The second kappa shape index (κ2) is 6.56. The molecule has 6 nitrogen and oxygen atoms in total. The van der Waals surface area contributed by atoms with Gasteiger partial charge in [0, 0.05) is 20.2 Å². The predicted octanol–water partition coefficient (Wildman–Crippen LogP) is 0.114. The van der Waals surface area contributed by atoms with E-state index in [0.29, 0.717) is 32.5 Å². The van der Waals surface area contributed by atoms with Crippen LogP contribution in [-0.2, 0) is 19.1 Å². The molecule has 0 aromatic rings. The van der Waals surface area contributed by atoms with Crippen molar-refractivity contribution >= 4 is 11.9 Å². The molecule has 0 spiro atoms. The summed E-state index contributed by atoms with van der Waals surface area (Å²) >= 11 is 0. The largest absolute Gasteiger partial charge is 0.479 e. The van der Waals surface area contributed by atoms with Crippen molar-refractivity contribution < 1.29 is 24.2 Å². The number of likely N-dealkylation sites (N-methyl/N-ethyl adjacent to an activating group) is 1. The Morgan fingerprint density at radius 2 is 2.06 bits per heavy atom. The van der Waals surface area contributed by atoms with Gasteiger partial charge in [-0.15, -0.1) is 0 Å². The maximum Gasteiger partial charge on any atom is 0.332 e. The summed E-state index contributed by atoms with van der Waals surface area (Å²) in [6.45, 7) is 3.41. The van der Waals surface area contributed by atoms with Gasteiger partial charge < -0.3 is 19.5 Å². The van der Waals surface area contributed by atoms with Crippen LogP contribution >= 0.6 is 0 Å². The molecule has 0 radical (unpaired) electrons. The minimum atomic E-state index is -1.000. The second-order valence-corrected chi connectivity index (χ2v) is 3.94. The van der Waals surface area contributed by atoms with Crippen LogP contribution in [0.3, 0.4) is 0 Å². The lowest BCUT2D eigenvalue weighted by Gasteiger charge is -2.23. The first-order chi connectivity index (χ1) is 8.10. The predicted molar refractivity (Wildman–Crippen MR) is 59.7 cm³/mol. The molecule has 1 heterocycles. The number of ether oxygens (including phenoxy) is 2. The third-order valence-electron chi connectivity index (χ3n) is 2.83. The van der Waals surface area contributed by atoms with Crippen LogP contribution < -0.4 is 0 Å². The summed E-state index contributed by atoms with van der Waals surface area (Å²) in [6.07, 6.45) is -0.592. The number of hydrogen-bond acceptors (Lipinski definition) is 4. The molecule has 0 saturated carbocycles. The highest BCUT2D eigenvalue weighted by molar-refractivity contribution is 5.82. The molecule has 2 unspecified atom stereocenters. The van der Waals surface area contributed by atoms with Gasteiger partial charge in [0.2, 0.25) is 0 Å². The van der Waals surface area contributed by atoms with Crippen LogP contribution in [0.25, 0.3) is 0 Å². The Morgan fingerprint density at radius 3 is 2.53 bits per heavy atom. The van der Waals surface area contributed by atoms with Crippen LogP contribution in [0.2, 0.25) is 0 Å². The fourth-order valence-corrected chi connectivity index (χ4v) is 1.83. The summed E-state index contributed by atoms with van der Waals surface area (Å²) in [4.78, 5) is 24.3. The number of rotatable bonds is 6. The highest BCUT2D eigenvalue weighted by Crippen LogP contribution is 2.21. The summed E-state index contributed by atoms with van der Waals surface area (Å²) in [5.74, 6) is -1.14. The summed E-state index contributed by atoms with van der Waals surface area (Å²) in [6, 6.07) is 0. The van der Waals surface area contributed by atoms with Crippen molar-refractivity contribution in [2.45, 2.75) is 32.0 Å². The number of carboxylic acids is 1. The van der Waals surface area contributed by atoms with Crippen LogP contribution in [0.15, 0.2) is 0 Å². The Bertz CT molecular complexity index is 281. The second-order valence-electron chi connectivity index (χ2n) is 3.94. The van der Waals surface area contributed by atoms with E-state index in [1.807, 2.05) is 6.92 Å². The molecule has 6 heteroatoms. The Hall–Kier alpha value is -1.14. The number of hydrogen-bond donors (Lipinski definition) is 1. The number of methoxy groups -OCH3 is 1. The average Bonchev–Trinajstić information content (AvgIpc) is 2.79. The standard InChI is InChI=1S/C11H19NO5/c1-3-12(6-7-16-2)10(13)8-4-5-9(17-8)11(14)15/h8-9H,3-7H2,1-2H3,(H,14,15). The van der Waals surface area contributed by atoms with Gasteiger partial charge in [-0.1, -0.05) is 0 Å². The molecule has 2 atom stereocenters. The zero-order valence-corrected chi connectivity index (χ0v) is 10.2. The fraction of sp³-hybridized carbons (Fsp3) is 0.818. The molecule has 98 valence electrons. The smallest absolute Gasteiger partial charge is 0.332 e. The quantitative estimate of drug-likeness (QED) is 0.719. The van der Waals surface area contributed by atoms with Crippen molar-refractivity contribution in [1.82, 2.24) is 4.90 Å². The van der Waals surface area contributed by atoms with E-state index in [1.165, 1.54) is 0 Å². The van der Waals surface area contributed by atoms with Gasteiger partial charge in [-0.3, -0.25) is 4.79 Å². The zero-order valence-electron chi connectivity index (χ0n) is 10.2. The van der Waals surface area contributed by atoms with Crippen molar-refractivity contribution in [2.75, 3.05) is 26.8 Å².